The third-order valence-corrected chi connectivity index (χ3v) is 6.88. The van der Waals surface area contributed by atoms with Gasteiger partial charge < -0.3 is 5.11 Å². The monoisotopic (exact) mass is 404 g/mol. The minimum absolute atomic E-state index is 0.0212. The fraction of sp³-hybridized carbons (Fsp3) is 0.409. The van der Waals surface area contributed by atoms with Crippen LogP contribution in [0.3, 0.4) is 0 Å². The molecule has 0 amide bonds. The molecule has 1 N–H and O–H groups in total. The van der Waals surface area contributed by atoms with E-state index in [1.165, 1.54) is 11.8 Å². The highest BCUT2D eigenvalue weighted by atomic mass is 32.2. The Morgan fingerprint density at radius 1 is 1.11 bits per heavy atom. The molecule has 0 heterocycles. The number of carbonyl (C=O) groups is 1. The standard InChI is InChI=1S/C22H28O3S2/c1-15-10-12-18(13-11-15)27(25)20-9-7-6-8-17(20)14-19(23)16(2)21(24)26-22(3,4)5/h6-13,16,19,23H,14H2,1-5H3/t16-,19-,27+/m1/s1. The topological polar surface area (TPSA) is 54.4 Å². The summed E-state index contributed by atoms with van der Waals surface area (Å²) in [6.07, 6.45) is -0.519. The number of hydrogen-bond acceptors (Lipinski definition) is 4. The van der Waals surface area contributed by atoms with Crippen LogP contribution < -0.4 is 0 Å². The highest BCUT2D eigenvalue weighted by Gasteiger charge is 2.27. The molecule has 3 nitrogen and oxygen atoms in total. The van der Waals surface area contributed by atoms with Gasteiger partial charge in [0.25, 0.3) is 0 Å². The zero-order chi connectivity index (χ0) is 20.2. The first-order valence-corrected chi connectivity index (χ1v) is 11.0. The predicted octanol–water partition coefficient (Wildman–Crippen LogP) is 4.76. The summed E-state index contributed by atoms with van der Waals surface area (Å²) in [6.45, 7) is 9.69. The SMILES string of the molecule is Cc1ccc([S@](=O)c2ccccc2C[C@@H](O)[C@@H](C)C(=O)SC(C)(C)C)cc1. The van der Waals surface area contributed by atoms with Crippen molar-refractivity contribution < 1.29 is 14.1 Å². The third kappa shape index (κ3) is 6.30. The van der Waals surface area contributed by atoms with Crippen molar-refractivity contribution in [1.82, 2.24) is 0 Å². The van der Waals surface area contributed by atoms with E-state index in [-0.39, 0.29) is 9.86 Å². The first kappa shape index (κ1) is 21.9. The fourth-order valence-electron chi connectivity index (χ4n) is 2.60. The summed E-state index contributed by atoms with van der Waals surface area (Å²) in [6, 6.07) is 15.0. The minimum atomic E-state index is -1.32. The van der Waals surface area contributed by atoms with Gasteiger partial charge in [0, 0.05) is 21.0 Å². The maximum Gasteiger partial charge on any atom is 0.194 e. The average molecular weight is 405 g/mol. The second kappa shape index (κ2) is 9.18. The highest BCUT2D eigenvalue weighted by molar-refractivity contribution is 8.14. The molecule has 0 aliphatic carbocycles. The van der Waals surface area contributed by atoms with Crippen LogP contribution in [-0.4, -0.2) is 25.3 Å². The second-order valence-electron chi connectivity index (χ2n) is 7.78. The maximum absolute atomic E-state index is 13.0. The van der Waals surface area contributed by atoms with Gasteiger partial charge in [0.05, 0.1) is 22.8 Å². The molecule has 0 bridgehead atoms. The van der Waals surface area contributed by atoms with Crippen LogP contribution in [0.25, 0.3) is 0 Å². The van der Waals surface area contributed by atoms with Gasteiger partial charge in [-0.3, -0.25) is 4.79 Å². The first-order valence-electron chi connectivity index (χ1n) is 9.06. The number of hydrogen-bond donors (Lipinski definition) is 1. The van der Waals surface area contributed by atoms with Gasteiger partial charge in [-0.05, 0) is 30.7 Å². The number of aliphatic hydroxyl groups is 1. The zero-order valence-corrected chi connectivity index (χ0v) is 18.2. The molecule has 3 atom stereocenters. The Balaban J connectivity index is 2.19. The molecule has 0 spiro atoms. The molecular weight excluding hydrogens is 376 g/mol. The van der Waals surface area contributed by atoms with Crippen LogP contribution in [0.2, 0.25) is 0 Å². The van der Waals surface area contributed by atoms with Gasteiger partial charge in [-0.25, -0.2) is 4.21 Å². The number of benzene rings is 2. The van der Waals surface area contributed by atoms with Gasteiger partial charge in [0.1, 0.15) is 0 Å². The molecule has 2 aromatic carbocycles. The number of carbonyl (C=O) groups excluding carboxylic acids is 1. The van der Waals surface area contributed by atoms with Gasteiger partial charge in [-0.1, -0.05) is 75.4 Å². The van der Waals surface area contributed by atoms with Crippen LogP contribution in [0, 0.1) is 12.8 Å². The predicted molar refractivity (Wildman–Crippen MR) is 114 cm³/mol. The Hall–Kier alpha value is -1.43. The lowest BCUT2D eigenvalue weighted by Crippen LogP contribution is -2.28. The van der Waals surface area contributed by atoms with Crippen molar-refractivity contribution in [3.8, 4) is 0 Å². The Morgan fingerprint density at radius 3 is 2.30 bits per heavy atom. The van der Waals surface area contributed by atoms with Crippen molar-refractivity contribution in [1.29, 1.82) is 0 Å². The van der Waals surface area contributed by atoms with Crippen LogP contribution >= 0.6 is 11.8 Å². The van der Waals surface area contributed by atoms with E-state index in [1.54, 1.807) is 6.92 Å². The molecule has 146 valence electrons. The average Bonchev–Trinajstić information content (AvgIpc) is 2.60. The normalized spacial score (nSPS) is 15.2. The molecule has 0 fully saturated rings. The lowest BCUT2D eigenvalue weighted by molar-refractivity contribution is -0.116. The molecule has 0 aromatic heterocycles. The van der Waals surface area contributed by atoms with Gasteiger partial charge in [-0.15, -0.1) is 0 Å². The molecule has 0 aliphatic rings. The third-order valence-electron chi connectivity index (χ3n) is 4.19. The molecule has 27 heavy (non-hydrogen) atoms. The lowest BCUT2D eigenvalue weighted by Gasteiger charge is -2.23. The van der Waals surface area contributed by atoms with E-state index in [4.69, 9.17) is 0 Å². The Morgan fingerprint density at radius 2 is 1.70 bits per heavy atom. The lowest BCUT2D eigenvalue weighted by atomic mass is 9.99. The van der Waals surface area contributed by atoms with Crippen molar-refractivity contribution in [2.75, 3.05) is 0 Å². The summed E-state index contributed by atoms with van der Waals surface area (Å²) in [5.41, 5.74) is 1.92. The van der Waals surface area contributed by atoms with E-state index in [1.807, 2.05) is 76.2 Å². The van der Waals surface area contributed by atoms with Crippen molar-refractivity contribution in [3.05, 3.63) is 59.7 Å². The molecule has 0 radical (unpaired) electrons. The van der Waals surface area contributed by atoms with Crippen LogP contribution in [0.15, 0.2) is 58.3 Å². The zero-order valence-electron chi connectivity index (χ0n) is 16.6. The van der Waals surface area contributed by atoms with Crippen LogP contribution in [-0.2, 0) is 22.0 Å². The van der Waals surface area contributed by atoms with Crippen LogP contribution in [0.4, 0.5) is 0 Å². The van der Waals surface area contributed by atoms with Gasteiger partial charge in [0.15, 0.2) is 5.12 Å². The number of thioether (sulfide) groups is 1. The van der Waals surface area contributed by atoms with Gasteiger partial charge >= 0.3 is 0 Å². The van der Waals surface area contributed by atoms with Crippen molar-refractivity contribution in [2.45, 2.75) is 61.7 Å². The first-order chi connectivity index (χ1) is 12.6. The van der Waals surface area contributed by atoms with E-state index >= 15 is 0 Å². The number of rotatable bonds is 6. The van der Waals surface area contributed by atoms with Crippen molar-refractivity contribution in [3.63, 3.8) is 0 Å². The number of aliphatic hydroxyl groups excluding tert-OH is 1. The van der Waals surface area contributed by atoms with E-state index in [0.29, 0.717) is 11.3 Å². The molecule has 0 unspecified atom stereocenters. The largest absolute Gasteiger partial charge is 0.392 e. The molecular formula is C22H28O3S2. The molecule has 0 saturated heterocycles. The minimum Gasteiger partial charge on any atom is -0.392 e. The van der Waals surface area contributed by atoms with Crippen LogP contribution in [0.5, 0.6) is 0 Å². The molecule has 5 heteroatoms. The Labute approximate surface area is 169 Å². The van der Waals surface area contributed by atoms with E-state index < -0.39 is 22.8 Å². The summed E-state index contributed by atoms with van der Waals surface area (Å²) in [7, 11) is -1.32. The summed E-state index contributed by atoms with van der Waals surface area (Å²) in [5, 5.41) is 10.6. The molecule has 2 aromatic rings. The molecule has 0 saturated carbocycles. The smallest absolute Gasteiger partial charge is 0.194 e. The summed E-state index contributed by atoms with van der Waals surface area (Å²) >= 11 is 1.25. The number of aryl methyl sites for hydroxylation is 1. The van der Waals surface area contributed by atoms with E-state index in [2.05, 4.69) is 0 Å². The fourth-order valence-corrected chi connectivity index (χ4v) is 4.77. The van der Waals surface area contributed by atoms with E-state index in [0.717, 1.165) is 16.0 Å². The molecule has 0 aliphatic heterocycles. The maximum atomic E-state index is 13.0. The van der Waals surface area contributed by atoms with Crippen molar-refractivity contribution in [2.24, 2.45) is 5.92 Å². The highest BCUT2D eigenvalue weighted by Crippen LogP contribution is 2.29. The second-order valence-corrected chi connectivity index (χ2v) is 11.1. The quantitative estimate of drug-likeness (QED) is 0.754. The summed E-state index contributed by atoms with van der Waals surface area (Å²) < 4.78 is 12.8. The Bertz CT molecular complexity index is 807. The van der Waals surface area contributed by atoms with Crippen molar-refractivity contribution >= 4 is 27.7 Å². The Kier molecular flexibility index (Phi) is 7.43. The summed E-state index contributed by atoms with van der Waals surface area (Å²) in [4.78, 5) is 13.8. The van der Waals surface area contributed by atoms with Crippen LogP contribution in [0.1, 0.15) is 38.8 Å². The molecule has 2 rings (SSSR count). The van der Waals surface area contributed by atoms with Gasteiger partial charge in [-0.2, -0.15) is 0 Å². The van der Waals surface area contributed by atoms with Gasteiger partial charge in [0.2, 0.25) is 0 Å². The summed E-state index contributed by atoms with van der Waals surface area (Å²) in [5.74, 6) is -0.491. The van der Waals surface area contributed by atoms with E-state index in [9.17, 15) is 14.1 Å².